The number of aromatic nitrogens is 1. The number of alkyl halides is 3. The molecule has 0 spiro atoms. The summed E-state index contributed by atoms with van der Waals surface area (Å²) in [6, 6.07) is 6.62. The van der Waals surface area contributed by atoms with Crippen molar-refractivity contribution in [3.63, 3.8) is 0 Å². The van der Waals surface area contributed by atoms with E-state index >= 15 is 0 Å². The number of hydrogen-bond acceptors (Lipinski definition) is 3. The van der Waals surface area contributed by atoms with Crippen molar-refractivity contribution in [2.24, 2.45) is 0 Å². The first-order valence-electron chi connectivity index (χ1n) is 6.00. The van der Waals surface area contributed by atoms with E-state index in [-0.39, 0.29) is 17.3 Å². The first-order valence-corrected chi connectivity index (χ1v) is 6.38. The Kier molecular flexibility index (Phi) is 4.57. The lowest BCUT2D eigenvalue weighted by Gasteiger charge is -2.13. The van der Waals surface area contributed by atoms with Gasteiger partial charge >= 0.3 is 6.18 Å². The number of benzene rings is 1. The minimum atomic E-state index is -4.41. The van der Waals surface area contributed by atoms with E-state index in [2.05, 4.69) is 10.3 Å². The molecule has 1 N–H and O–H groups in total. The molecule has 0 aliphatic heterocycles. The smallest absolute Gasteiger partial charge is 0.416 e. The van der Waals surface area contributed by atoms with Gasteiger partial charge in [0.1, 0.15) is 0 Å². The number of anilines is 1. The number of nitrogens with one attached hydrogen (secondary N) is 1. The third-order valence-corrected chi connectivity index (χ3v) is 3.14. The molecule has 7 heteroatoms. The van der Waals surface area contributed by atoms with Crippen molar-refractivity contribution in [3.8, 4) is 5.88 Å². The Hall–Kier alpha value is -1.95. The van der Waals surface area contributed by atoms with Gasteiger partial charge in [0.25, 0.3) is 0 Å². The average Bonchev–Trinajstić information content (AvgIpc) is 2.45. The Labute approximate surface area is 124 Å². The Bertz CT molecular complexity index is 632. The van der Waals surface area contributed by atoms with Crippen LogP contribution in [0.1, 0.15) is 11.1 Å². The Balaban J connectivity index is 2.20. The van der Waals surface area contributed by atoms with E-state index in [0.717, 1.165) is 12.1 Å². The molecule has 3 nitrogen and oxygen atoms in total. The minimum Gasteiger partial charge on any atom is -0.481 e. The van der Waals surface area contributed by atoms with Gasteiger partial charge in [-0.3, -0.25) is 0 Å². The van der Waals surface area contributed by atoms with E-state index in [1.165, 1.54) is 13.2 Å². The van der Waals surface area contributed by atoms with Crippen molar-refractivity contribution in [1.82, 2.24) is 4.98 Å². The minimum absolute atomic E-state index is 0.206. The summed E-state index contributed by atoms with van der Waals surface area (Å²) in [5.41, 5.74) is 0.165. The summed E-state index contributed by atoms with van der Waals surface area (Å²) in [4.78, 5) is 4.01. The van der Waals surface area contributed by atoms with Crippen LogP contribution in [0.3, 0.4) is 0 Å². The van der Waals surface area contributed by atoms with Gasteiger partial charge in [0, 0.05) is 18.3 Å². The molecular weight excluding hydrogens is 305 g/mol. The molecule has 0 aliphatic carbocycles. The van der Waals surface area contributed by atoms with Gasteiger partial charge in [-0.15, -0.1) is 0 Å². The molecule has 2 aromatic rings. The zero-order chi connectivity index (χ0) is 15.5. The van der Waals surface area contributed by atoms with Gasteiger partial charge in [-0.1, -0.05) is 17.7 Å². The molecule has 0 atom stereocenters. The molecule has 1 aromatic carbocycles. The highest BCUT2D eigenvalue weighted by Gasteiger charge is 2.30. The molecule has 1 heterocycles. The van der Waals surface area contributed by atoms with Crippen LogP contribution in [0, 0.1) is 0 Å². The summed E-state index contributed by atoms with van der Waals surface area (Å²) >= 11 is 5.91. The Morgan fingerprint density at radius 3 is 2.71 bits per heavy atom. The standard InChI is InChI=1S/C14H12ClF3N2O/c1-21-13-9(3-2-6-19-13)8-20-12-7-10(14(16,17)18)4-5-11(12)15/h2-7,20H,8H2,1H3. The highest BCUT2D eigenvalue weighted by Crippen LogP contribution is 2.34. The molecule has 0 aliphatic rings. The molecule has 112 valence electrons. The Morgan fingerprint density at radius 2 is 2.05 bits per heavy atom. The molecule has 0 fully saturated rings. The number of methoxy groups -OCH3 is 1. The molecule has 1 aromatic heterocycles. The lowest BCUT2D eigenvalue weighted by atomic mass is 10.2. The topological polar surface area (TPSA) is 34.1 Å². The van der Waals surface area contributed by atoms with Gasteiger partial charge in [0.2, 0.25) is 5.88 Å². The molecule has 0 saturated heterocycles. The summed E-state index contributed by atoms with van der Waals surface area (Å²) in [6.45, 7) is 0.248. The van der Waals surface area contributed by atoms with Crippen molar-refractivity contribution in [2.45, 2.75) is 12.7 Å². The fourth-order valence-corrected chi connectivity index (χ4v) is 1.95. The maximum absolute atomic E-state index is 12.7. The highest BCUT2D eigenvalue weighted by molar-refractivity contribution is 6.33. The first kappa shape index (κ1) is 15.4. The molecule has 0 amide bonds. The van der Waals surface area contributed by atoms with E-state index in [9.17, 15) is 13.2 Å². The molecule has 0 radical (unpaired) electrons. The average molecular weight is 317 g/mol. The van der Waals surface area contributed by atoms with E-state index in [1.54, 1.807) is 18.3 Å². The van der Waals surface area contributed by atoms with Crippen LogP contribution in [0.5, 0.6) is 5.88 Å². The second-order valence-corrected chi connectivity index (χ2v) is 4.62. The van der Waals surface area contributed by atoms with Crippen molar-refractivity contribution >= 4 is 17.3 Å². The number of nitrogens with zero attached hydrogens (tertiary/aromatic N) is 1. The highest BCUT2D eigenvalue weighted by atomic mass is 35.5. The summed E-state index contributed by atoms with van der Waals surface area (Å²) < 4.78 is 43.1. The van der Waals surface area contributed by atoms with Crippen LogP contribution < -0.4 is 10.1 Å². The van der Waals surface area contributed by atoms with Crippen LogP contribution in [0.25, 0.3) is 0 Å². The lowest BCUT2D eigenvalue weighted by molar-refractivity contribution is -0.137. The van der Waals surface area contributed by atoms with Crippen molar-refractivity contribution in [1.29, 1.82) is 0 Å². The summed E-state index contributed by atoms with van der Waals surface area (Å²) in [6.07, 6.45) is -2.84. The predicted molar refractivity (Wildman–Crippen MR) is 74.6 cm³/mol. The second-order valence-electron chi connectivity index (χ2n) is 4.22. The third-order valence-electron chi connectivity index (χ3n) is 2.81. The number of hydrogen-bond donors (Lipinski definition) is 1. The van der Waals surface area contributed by atoms with Crippen molar-refractivity contribution < 1.29 is 17.9 Å². The van der Waals surface area contributed by atoms with E-state index in [4.69, 9.17) is 16.3 Å². The molecule has 21 heavy (non-hydrogen) atoms. The largest absolute Gasteiger partial charge is 0.481 e. The lowest BCUT2D eigenvalue weighted by Crippen LogP contribution is -2.07. The normalized spacial score (nSPS) is 11.3. The number of pyridine rings is 1. The van der Waals surface area contributed by atoms with Gasteiger partial charge < -0.3 is 10.1 Å². The van der Waals surface area contributed by atoms with Gasteiger partial charge in [0.05, 0.1) is 23.4 Å². The number of rotatable bonds is 4. The van der Waals surface area contributed by atoms with Crippen LogP contribution in [0.15, 0.2) is 36.5 Å². The monoisotopic (exact) mass is 316 g/mol. The van der Waals surface area contributed by atoms with E-state index in [1.807, 2.05) is 0 Å². The van der Waals surface area contributed by atoms with Crippen LogP contribution >= 0.6 is 11.6 Å². The molecule has 0 unspecified atom stereocenters. The fourth-order valence-electron chi connectivity index (χ4n) is 1.77. The third kappa shape index (κ3) is 3.78. The number of halogens is 4. The predicted octanol–water partition coefficient (Wildman–Crippen LogP) is 4.37. The molecule has 0 bridgehead atoms. The zero-order valence-corrected chi connectivity index (χ0v) is 11.8. The molecule has 2 rings (SSSR count). The van der Waals surface area contributed by atoms with Gasteiger partial charge in [0.15, 0.2) is 0 Å². The first-order chi connectivity index (χ1) is 9.91. The Morgan fingerprint density at radius 1 is 1.29 bits per heavy atom. The van der Waals surface area contributed by atoms with Crippen molar-refractivity contribution in [2.75, 3.05) is 12.4 Å². The maximum atomic E-state index is 12.7. The van der Waals surface area contributed by atoms with E-state index < -0.39 is 11.7 Å². The zero-order valence-electron chi connectivity index (χ0n) is 11.0. The van der Waals surface area contributed by atoms with Crippen LogP contribution in [0.2, 0.25) is 5.02 Å². The van der Waals surface area contributed by atoms with Crippen LogP contribution in [-0.2, 0) is 12.7 Å². The maximum Gasteiger partial charge on any atom is 0.416 e. The second kappa shape index (κ2) is 6.22. The van der Waals surface area contributed by atoms with Gasteiger partial charge in [-0.2, -0.15) is 13.2 Å². The number of ether oxygens (including phenoxy) is 1. The van der Waals surface area contributed by atoms with E-state index in [0.29, 0.717) is 11.4 Å². The molecule has 0 saturated carbocycles. The SMILES string of the molecule is COc1ncccc1CNc1cc(C(F)(F)F)ccc1Cl. The van der Waals surface area contributed by atoms with Crippen LogP contribution in [-0.4, -0.2) is 12.1 Å². The fraction of sp³-hybridized carbons (Fsp3) is 0.214. The summed E-state index contributed by atoms with van der Waals surface area (Å²) in [5.74, 6) is 0.410. The van der Waals surface area contributed by atoms with Gasteiger partial charge in [-0.25, -0.2) is 4.98 Å². The summed E-state index contributed by atoms with van der Waals surface area (Å²) in [5, 5.41) is 3.08. The molecular formula is C14H12ClF3N2O. The van der Waals surface area contributed by atoms with Crippen molar-refractivity contribution in [3.05, 3.63) is 52.7 Å². The van der Waals surface area contributed by atoms with Gasteiger partial charge in [-0.05, 0) is 24.3 Å². The quantitative estimate of drug-likeness (QED) is 0.909. The van der Waals surface area contributed by atoms with Crippen LogP contribution in [0.4, 0.5) is 18.9 Å². The summed E-state index contributed by atoms with van der Waals surface area (Å²) in [7, 11) is 1.48.